The number of halogens is 3. The van der Waals surface area contributed by atoms with Gasteiger partial charge in [-0.2, -0.15) is 0 Å². The number of nitrogens with one attached hydrogen (secondary N) is 1. The van der Waals surface area contributed by atoms with E-state index in [0.29, 0.717) is 45.8 Å². The highest BCUT2D eigenvalue weighted by Gasteiger charge is 2.14. The molecule has 3 aromatic rings. The summed E-state index contributed by atoms with van der Waals surface area (Å²) >= 11 is 18.8. The molecule has 0 aliphatic heterocycles. The molecule has 1 atom stereocenters. The van der Waals surface area contributed by atoms with Crippen LogP contribution in [0.1, 0.15) is 37.0 Å². The molecule has 0 radical (unpaired) electrons. The van der Waals surface area contributed by atoms with Gasteiger partial charge in [-0.3, -0.25) is 0 Å². The third-order valence-electron chi connectivity index (χ3n) is 5.12. The van der Waals surface area contributed by atoms with Crippen LogP contribution in [-0.2, 0) is 19.6 Å². The fraction of sp³-hybridized carbons (Fsp3) is 0.308. The van der Waals surface area contributed by atoms with Crippen molar-refractivity contribution in [2.45, 2.75) is 45.9 Å². The van der Waals surface area contributed by atoms with Crippen molar-refractivity contribution in [3.8, 4) is 11.5 Å². The zero-order valence-electron chi connectivity index (χ0n) is 18.3. The Bertz CT molecular complexity index is 1010. The van der Waals surface area contributed by atoms with Gasteiger partial charge in [0, 0.05) is 28.2 Å². The van der Waals surface area contributed by atoms with E-state index in [1.54, 1.807) is 12.1 Å². The monoisotopic (exact) mass is 491 g/mol. The van der Waals surface area contributed by atoms with Gasteiger partial charge in [0.2, 0.25) is 0 Å². The number of hydrogen-bond donors (Lipinski definition) is 1. The number of aryl methyl sites for hydroxylation is 1. The van der Waals surface area contributed by atoms with E-state index in [1.165, 1.54) is 5.56 Å². The van der Waals surface area contributed by atoms with E-state index in [2.05, 4.69) is 36.5 Å². The predicted molar refractivity (Wildman–Crippen MR) is 134 cm³/mol. The van der Waals surface area contributed by atoms with Gasteiger partial charge in [0.05, 0.1) is 11.6 Å². The molecule has 0 aliphatic carbocycles. The van der Waals surface area contributed by atoms with Gasteiger partial charge in [0.1, 0.15) is 6.61 Å². The summed E-state index contributed by atoms with van der Waals surface area (Å²) in [5.74, 6) is 1.14. The Morgan fingerprint density at radius 2 is 1.66 bits per heavy atom. The van der Waals surface area contributed by atoms with E-state index < -0.39 is 0 Å². The van der Waals surface area contributed by atoms with Crippen LogP contribution in [-0.4, -0.2) is 12.6 Å². The van der Waals surface area contributed by atoms with Crippen molar-refractivity contribution in [1.29, 1.82) is 0 Å². The third-order valence-corrected chi connectivity index (χ3v) is 5.99. The summed E-state index contributed by atoms with van der Waals surface area (Å²) in [7, 11) is 0. The zero-order chi connectivity index (χ0) is 22.9. The average molecular weight is 493 g/mol. The molecule has 1 N–H and O–H groups in total. The van der Waals surface area contributed by atoms with Crippen molar-refractivity contribution in [3.05, 3.63) is 92.4 Å². The summed E-state index contributed by atoms with van der Waals surface area (Å²) < 4.78 is 11.8. The fourth-order valence-corrected chi connectivity index (χ4v) is 4.09. The van der Waals surface area contributed by atoms with Crippen LogP contribution in [0.3, 0.4) is 0 Å². The highest BCUT2D eigenvalue weighted by molar-refractivity contribution is 6.35. The zero-order valence-corrected chi connectivity index (χ0v) is 20.6. The Morgan fingerprint density at radius 3 is 2.38 bits per heavy atom. The molecular formula is C26H28Cl3NO2. The van der Waals surface area contributed by atoms with Crippen LogP contribution in [0.4, 0.5) is 0 Å². The average Bonchev–Trinajstić information content (AvgIpc) is 2.78. The van der Waals surface area contributed by atoms with Crippen molar-refractivity contribution < 1.29 is 9.47 Å². The first-order valence-electron chi connectivity index (χ1n) is 10.8. The van der Waals surface area contributed by atoms with Crippen LogP contribution in [0.25, 0.3) is 0 Å². The van der Waals surface area contributed by atoms with Crippen LogP contribution in [0.5, 0.6) is 11.5 Å². The molecule has 3 aromatic carbocycles. The summed E-state index contributed by atoms with van der Waals surface area (Å²) in [4.78, 5) is 0. The molecule has 0 spiro atoms. The summed E-state index contributed by atoms with van der Waals surface area (Å²) in [6.45, 7) is 5.60. The molecule has 0 fully saturated rings. The van der Waals surface area contributed by atoms with Crippen molar-refractivity contribution in [2.75, 3.05) is 6.61 Å². The SMILES string of the molecule is CCOc1cc(CNC(C)CCc2ccccc2)cc(Cl)c1OCc1ccc(Cl)cc1Cl. The first kappa shape index (κ1) is 24.7. The molecule has 0 saturated carbocycles. The number of benzene rings is 3. The van der Waals surface area contributed by atoms with Gasteiger partial charge in [-0.25, -0.2) is 0 Å². The van der Waals surface area contributed by atoms with Gasteiger partial charge in [-0.15, -0.1) is 0 Å². The first-order chi connectivity index (χ1) is 15.5. The molecule has 0 bridgehead atoms. The summed E-state index contributed by atoms with van der Waals surface area (Å²) in [5, 5.41) is 5.22. The van der Waals surface area contributed by atoms with Crippen LogP contribution in [0.2, 0.25) is 15.1 Å². The lowest BCUT2D eigenvalue weighted by molar-refractivity contribution is 0.269. The summed E-state index contributed by atoms with van der Waals surface area (Å²) in [6.07, 6.45) is 2.10. The Kier molecular flexibility index (Phi) is 9.55. The largest absolute Gasteiger partial charge is 0.490 e. The minimum Gasteiger partial charge on any atom is -0.490 e. The second-order valence-electron chi connectivity index (χ2n) is 7.67. The van der Waals surface area contributed by atoms with Crippen LogP contribution < -0.4 is 14.8 Å². The minimum atomic E-state index is 0.268. The van der Waals surface area contributed by atoms with Gasteiger partial charge in [-0.1, -0.05) is 71.2 Å². The normalized spacial score (nSPS) is 11.9. The van der Waals surface area contributed by atoms with Crippen molar-refractivity contribution in [2.24, 2.45) is 0 Å². The first-order valence-corrected chi connectivity index (χ1v) is 11.9. The topological polar surface area (TPSA) is 30.5 Å². The van der Waals surface area contributed by atoms with Crippen molar-refractivity contribution in [3.63, 3.8) is 0 Å². The summed E-state index contributed by atoms with van der Waals surface area (Å²) in [6, 6.07) is 20.1. The van der Waals surface area contributed by atoms with Gasteiger partial charge >= 0.3 is 0 Å². The Hall–Kier alpha value is -1.91. The molecule has 0 aliphatic rings. The second-order valence-corrected chi connectivity index (χ2v) is 8.92. The Labute approximate surface area is 205 Å². The smallest absolute Gasteiger partial charge is 0.180 e. The lowest BCUT2D eigenvalue weighted by Crippen LogP contribution is -2.26. The molecule has 3 nitrogen and oxygen atoms in total. The highest BCUT2D eigenvalue weighted by atomic mass is 35.5. The molecule has 6 heteroatoms. The van der Waals surface area contributed by atoms with Crippen molar-refractivity contribution >= 4 is 34.8 Å². The molecule has 0 heterocycles. The number of hydrogen-bond acceptors (Lipinski definition) is 3. The van der Waals surface area contributed by atoms with E-state index >= 15 is 0 Å². The highest BCUT2D eigenvalue weighted by Crippen LogP contribution is 2.37. The van der Waals surface area contributed by atoms with E-state index in [9.17, 15) is 0 Å². The molecule has 170 valence electrons. The van der Waals surface area contributed by atoms with E-state index in [-0.39, 0.29) is 6.61 Å². The van der Waals surface area contributed by atoms with E-state index in [0.717, 1.165) is 24.0 Å². The van der Waals surface area contributed by atoms with Gasteiger partial charge in [0.25, 0.3) is 0 Å². The van der Waals surface area contributed by atoms with Crippen LogP contribution in [0.15, 0.2) is 60.7 Å². The molecule has 0 aromatic heterocycles. The number of rotatable bonds is 11. The van der Waals surface area contributed by atoms with E-state index in [4.69, 9.17) is 44.3 Å². The quantitative estimate of drug-likeness (QED) is 0.297. The maximum atomic E-state index is 6.57. The minimum absolute atomic E-state index is 0.268. The van der Waals surface area contributed by atoms with Crippen LogP contribution in [0, 0.1) is 0 Å². The molecule has 0 amide bonds. The lowest BCUT2D eigenvalue weighted by atomic mass is 10.1. The van der Waals surface area contributed by atoms with Gasteiger partial charge < -0.3 is 14.8 Å². The standard InChI is InChI=1S/C26H28Cl3NO2/c1-3-31-25-14-20(16-30-18(2)9-10-19-7-5-4-6-8-19)13-24(29)26(25)32-17-21-11-12-22(27)15-23(21)28/h4-8,11-15,18,30H,3,9-10,16-17H2,1-2H3. The summed E-state index contributed by atoms with van der Waals surface area (Å²) in [5.41, 5.74) is 3.22. The maximum Gasteiger partial charge on any atom is 0.180 e. The molecule has 3 rings (SSSR count). The number of ether oxygens (including phenoxy) is 2. The second kappa shape index (κ2) is 12.4. The lowest BCUT2D eigenvalue weighted by Gasteiger charge is -2.18. The Balaban J connectivity index is 1.62. The Morgan fingerprint density at radius 1 is 0.875 bits per heavy atom. The molecule has 0 saturated heterocycles. The van der Waals surface area contributed by atoms with E-state index in [1.807, 2.05) is 31.2 Å². The third kappa shape index (κ3) is 7.31. The molecular weight excluding hydrogens is 465 g/mol. The van der Waals surface area contributed by atoms with Gasteiger partial charge in [-0.05, 0) is 62.1 Å². The molecule has 32 heavy (non-hydrogen) atoms. The predicted octanol–water partition coefficient (Wildman–Crippen LogP) is 7.74. The fourth-order valence-electron chi connectivity index (χ4n) is 3.34. The maximum absolute atomic E-state index is 6.57. The molecule has 1 unspecified atom stereocenters. The van der Waals surface area contributed by atoms with Gasteiger partial charge in [0.15, 0.2) is 11.5 Å². The van der Waals surface area contributed by atoms with Crippen molar-refractivity contribution in [1.82, 2.24) is 5.32 Å². The van der Waals surface area contributed by atoms with Crippen LogP contribution >= 0.6 is 34.8 Å².